The van der Waals surface area contributed by atoms with Crippen molar-refractivity contribution in [1.82, 2.24) is 0 Å². The maximum Gasteiger partial charge on any atom is 0.124 e. The Balaban J connectivity index is 2.15. The van der Waals surface area contributed by atoms with Crippen molar-refractivity contribution in [3.8, 4) is 5.75 Å². The van der Waals surface area contributed by atoms with Crippen LogP contribution in [0.4, 0.5) is 0 Å². The monoisotopic (exact) mass is 247 g/mol. The normalized spacial score (nSPS) is 18.9. The van der Waals surface area contributed by atoms with Crippen LogP contribution in [0.5, 0.6) is 5.75 Å². The van der Waals surface area contributed by atoms with Gasteiger partial charge in [0.1, 0.15) is 5.75 Å². The molecule has 0 saturated heterocycles. The van der Waals surface area contributed by atoms with Crippen LogP contribution in [0.2, 0.25) is 0 Å². The first-order valence-corrected chi connectivity index (χ1v) is 7.19. The van der Waals surface area contributed by atoms with E-state index in [2.05, 4.69) is 26.0 Å². The standard InChI is InChI=1S/C16H25NO/c1-12(2)18-15-11-7-6-10-14(15)16(17)13-8-4-3-5-9-13/h6-7,10-13,16H,3-5,8-9,17H2,1-2H3/t16-/m1/s1. The minimum atomic E-state index is 0.125. The Morgan fingerprint density at radius 3 is 2.44 bits per heavy atom. The zero-order chi connectivity index (χ0) is 13.0. The summed E-state index contributed by atoms with van der Waals surface area (Å²) in [6, 6.07) is 8.37. The lowest BCUT2D eigenvalue weighted by Gasteiger charge is -2.29. The molecule has 0 spiro atoms. The number of benzene rings is 1. The fourth-order valence-electron chi connectivity index (χ4n) is 2.86. The van der Waals surface area contributed by atoms with Gasteiger partial charge in [-0.15, -0.1) is 0 Å². The number of hydrogen-bond acceptors (Lipinski definition) is 2. The van der Waals surface area contributed by atoms with Crippen molar-refractivity contribution in [1.29, 1.82) is 0 Å². The number of hydrogen-bond donors (Lipinski definition) is 1. The summed E-state index contributed by atoms with van der Waals surface area (Å²) in [4.78, 5) is 0. The Morgan fingerprint density at radius 2 is 1.78 bits per heavy atom. The average molecular weight is 247 g/mol. The molecule has 2 rings (SSSR count). The summed E-state index contributed by atoms with van der Waals surface area (Å²) in [5.41, 5.74) is 7.65. The SMILES string of the molecule is CC(C)Oc1ccccc1[C@H](N)C1CCCCC1. The van der Waals surface area contributed by atoms with Gasteiger partial charge in [0.15, 0.2) is 0 Å². The van der Waals surface area contributed by atoms with E-state index in [4.69, 9.17) is 10.5 Å². The van der Waals surface area contributed by atoms with Crippen LogP contribution in [0.15, 0.2) is 24.3 Å². The van der Waals surface area contributed by atoms with Crippen LogP contribution in [0.1, 0.15) is 57.6 Å². The minimum Gasteiger partial charge on any atom is -0.491 e. The number of para-hydroxylation sites is 1. The van der Waals surface area contributed by atoms with Crippen LogP contribution in [0.25, 0.3) is 0 Å². The lowest BCUT2D eigenvalue weighted by Crippen LogP contribution is -2.24. The van der Waals surface area contributed by atoms with Crippen molar-refractivity contribution >= 4 is 0 Å². The molecule has 1 atom stereocenters. The molecule has 0 radical (unpaired) electrons. The fourth-order valence-corrected chi connectivity index (χ4v) is 2.86. The second-order valence-corrected chi connectivity index (χ2v) is 5.63. The Hall–Kier alpha value is -1.02. The van der Waals surface area contributed by atoms with Crippen molar-refractivity contribution in [2.45, 2.75) is 58.1 Å². The first-order valence-electron chi connectivity index (χ1n) is 7.19. The molecule has 0 heterocycles. The van der Waals surface area contributed by atoms with Gasteiger partial charge in [-0.05, 0) is 38.7 Å². The van der Waals surface area contributed by atoms with E-state index >= 15 is 0 Å². The third-order valence-electron chi connectivity index (χ3n) is 3.80. The molecule has 18 heavy (non-hydrogen) atoms. The molecule has 1 aromatic rings. The van der Waals surface area contributed by atoms with Crippen molar-refractivity contribution in [3.05, 3.63) is 29.8 Å². The Morgan fingerprint density at radius 1 is 1.11 bits per heavy atom. The lowest BCUT2D eigenvalue weighted by molar-refractivity contribution is 0.232. The third kappa shape index (κ3) is 3.26. The molecule has 1 fully saturated rings. The summed E-state index contributed by atoms with van der Waals surface area (Å²) in [5.74, 6) is 1.58. The molecular weight excluding hydrogens is 222 g/mol. The molecule has 1 aromatic carbocycles. The van der Waals surface area contributed by atoms with E-state index in [1.54, 1.807) is 0 Å². The van der Waals surface area contributed by atoms with Gasteiger partial charge in [0, 0.05) is 11.6 Å². The highest BCUT2D eigenvalue weighted by Crippen LogP contribution is 2.36. The van der Waals surface area contributed by atoms with E-state index in [-0.39, 0.29) is 12.1 Å². The van der Waals surface area contributed by atoms with Gasteiger partial charge in [-0.3, -0.25) is 0 Å². The topological polar surface area (TPSA) is 35.2 Å². The van der Waals surface area contributed by atoms with Crippen LogP contribution < -0.4 is 10.5 Å². The lowest BCUT2D eigenvalue weighted by atomic mass is 9.81. The molecule has 2 heteroatoms. The van der Waals surface area contributed by atoms with E-state index in [1.165, 1.54) is 37.7 Å². The average Bonchev–Trinajstić information content (AvgIpc) is 2.39. The van der Waals surface area contributed by atoms with Crippen LogP contribution in [-0.2, 0) is 0 Å². The van der Waals surface area contributed by atoms with E-state index in [0.717, 1.165) is 5.75 Å². The van der Waals surface area contributed by atoms with Crippen molar-refractivity contribution in [2.75, 3.05) is 0 Å². The van der Waals surface area contributed by atoms with Crippen LogP contribution in [-0.4, -0.2) is 6.10 Å². The van der Waals surface area contributed by atoms with Gasteiger partial charge >= 0.3 is 0 Å². The second-order valence-electron chi connectivity index (χ2n) is 5.63. The highest BCUT2D eigenvalue weighted by molar-refractivity contribution is 5.36. The molecule has 0 aromatic heterocycles. The zero-order valence-electron chi connectivity index (χ0n) is 11.6. The summed E-state index contributed by atoms with van der Waals surface area (Å²) in [5, 5.41) is 0. The number of nitrogens with two attached hydrogens (primary N) is 1. The summed E-state index contributed by atoms with van der Waals surface area (Å²) in [7, 11) is 0. The van der Waals surface area contributed by atoms with Gasteiger partial charge < -0.3 is 10.5 Å². The summed E-state index contributed by atoms with van der Waals surface area (Å²) in [6.07, 6.45) is 6.74. The second kappa shape index (κ2) is 6.24. The minimum absolute atomic E-state index is 0.125. The molecule has 0 amide bonds. The van der Waals surface area contributed by atoms with Crippen molar-refractivity contribution < 1.29 is 4.74 Å². The fraction of sp³-hybridized carbons (Fsp3) is 0.625. The van der Waals surface area contributed by atoms with E-state index < -0.39 is 0 Å². The zero-order valence-corrected chi connectivity index (χ0v) is 11.6. The Bertz CT molecular complexity index is 369. The molecule has 2 N–H and O–H groups in total. The molecule has 0 unspecified atom stereocenters. The summed E-state index contributed by atoms with van der Waals surface area (Å²) < 4.78 is 5.88. The first kappa shape index (κ1) is 13.4. The van der Waals surface area contributed by atoms with Gasteiger partial charge in [0.2, 0.25) is 0 Å². The van der Waals surface area contributed by atoms with Gasteiger partial charge in [0.25, 0.3) is 0 Å². The molecule has 1 aliphatic carbocycles. The maximum absolute atomic E-state index is 6.47. The van der Waals surface area contributed by atoms with E-state index in [9.17, 15) is 0 Å². The molecule has 100 valence electrons. The Kier molecular flexibility index (Phi) is 4.65. The maximum atomic E-state index is 6.47. The van der Waals surface area contributed by atoms with Gasteiger partial charge in [-0.1, -0.05) is 37.5 Å². The van der Waals surface area contributed by atoms with Crippen LogP contribution in [0.3, 0.4) is 0 Å². The highest BCUT2D eigenvalue weighted by atomic mass is 16.5. The molecule has 1 saturated carbocycles. The van der Waals surface area contributed by atoms with Gasteiger partial charge in [-0.25, -0.2) is 0 Å². The summed E-state index contributed by atoms with van der Waals surface area (Å²) >= 11 is 0. The van der Waals surface area contributed by atoms with Crippen molar-refractivity contribution in [3.63, 3.8) is 0 Å². The predicted molar refractivity (Wildman–Crippen MR) is 75.7 cm³/mol. The molecule has 0 aliphatic heterocycles. The number of rotatable bonds is 4. The number of ether oxygens (including phenoxy) is 1. The van der Waals surface area contributed by atoms with E-state index in [0.29, 0.717) is 5.92 Å². The van der Waals surface area contributed by atoms with Gasteiger partial charge in [0.05, 0.1) is 6.10 Å². The molecule has 2 nitrogen and oxygen atoms in total. The van der Waals surface area contributed by atoms with Crippen LogP contribution in [0, 0.1) is 5.92 Å². The summed E-state index contributed by atoms with van der Waals surface area (Å²) in [6.45, 7) is 4.12. The Labute approximate surface area is 111 Å². The quantitative estimate of drug-likeness (QED) is 0.871. The van der Waals surface area contributed by atoms with Crippen molar-refractivity contribution in [2.24, 2.45) is 11.7 Å². The van der Waals surface area contributed by atoms with Crippen LogP contribution >= 0.6 is 0 Å². The van der Waals surface area contributed by atoms with Gasteiger partial charge in [-0.2, -0.15) is 0 Å². The molecule has 0 bridgehead atoms. The predicted octanol–water partition coefficient (Wildman–Crippen LogP) is 4.05. The third-order valence-corrected chi connectivity index (χ3v) is 3.80. The van der Waals surface area contributed by atoms with E-state index in [1.807, 2.05) is 12.1 Å². The first-order chi connectivity index (χ1) is 8.68. The smallest absolute Gasteiger partial charge is 0.124 e. The largest absolute Gasteiger partial charge is 0.491 e. The molecular formula is C16H25NO. The highest BCUT2D eigenvalue weighted by Gasteiger charge is 2.24. The molecule has 1 aliphatic rings.